The van der Waals surface area contributed by atoms with Crippen LogP contribution in [0.25, 0.3) is 11.2 Å². The molecule has 1 unspecified atom stereocenters. The Hall–Kier alpha value is -3.47. The Balaban J connectivity index is 1.09. The van der Waals surface area contributed by atoms with Crippen LogP contribution in [0.2, 0.25) is 5.02 Å². The molecule has 0 bridgehead atoms. The Kier molecular flexibility index (Phi) is 7.24. The topological polar surface area (TPSA) is 103 Å². The van der Waals surface area contributed by atoms with Gasteiger partial charge < -0.3 is 19.0 Å². The predicted molar refractivity (Wildman–Crippen MR) is 141 cm³/mol. The molecular weight excluding hydrogens is 527 g/mol. The van der Waals surface area contributed by atoms with Gasteiger partial charge in [0.15, 0.2) is 0 Å². The van der Waals surface area contributed by atoms with E-state index in [0.717, 1.165) is 50.5 Å². The van der Waals surface area contributed by atoms with Crippen LogP contribution in [0, 0.1) is 5.82 Å². The predicted octanol–water partition coefficient (Wildman–Crippen LogP) is 5.26. The molecule has 9 nitrogen and oxygen atoms in total. The Bertz CT molecular complexity index is 1490. The van der Waals surface area contributed by atoms with Gasteiger partial charge in [0, 0.05) is 40.9 Å². The first kappa shape index (κ1) is 25.8. The minimum atomic E-state index is -1.11. The first-order valence-electron chi connectivity index (χ1n) is 13.0. The van der Waals surface area contributed by atoms with Crippen LogP contribution in [-0.4, -0.2) is 56.3 Å². The van der Waals surface area contributed by atoms with Crippen molar-refractivity contribution in [3.63, 3.8) is 0 Å². The van der Waals surface area contributed by atoms with Gasteiger partial charge in [-0.1, -0.05) is 23.7 Å². The van der Waals surface area contributed by atoms with E-state index in [0.29, 0.717) is 40.8 Å². The molecule has 0 radical (unpaired) electrons. The molecule has 2 saturated heterocycles. The minimum absolute atomic E-state index is 0.0767. The van der Waals surface area contributed by atoms with E-state index >= 15 is 0 Å². The highest BCUT2D eigenvalue weighted by molar-refractivity contribution is 6.30. The van der Waals surface area contributed by atoms with Crippen molar-refractivity contribution in [2.24, 2.45) is 0 Å². The lowest BCUT2D eigenvalue weighted by Gasteiger charge is -2.32. The average Bonchev–Trinajstić information content (AvgIpc) is 3.45. The number of carbonyl (C=O) groups is 1. The summed E-state index contributed by atoms with van der Waals surface area (Å²) >= 11 is 5.83. The highest BCUT2D eigenvalue weighted by Gasteiger charge is 2.27. The zero-order valence-corrected chi connectivity index (χ0v) is 21.9. The average molecular weight is 555 g/mol. The van der Waals surface area contributed by atoms with E-state index in [-0.39, 0.29) is 24.4 Å². The van der Waals surface area contributed by atoms with Crippen LogP contribution >= 0.6 is 11.6 Å². The number of pyridine rings is 1. The van der Waals surface area contributed by atoms with Gasteiger partial charge in [-0.3, -0.25) is 9.47 Å². The first-order valence-corrected chi connectivity index (χ1v) is 13.4. The monoisotopic (exact) mass is 554 g/mol. The van der Waals surface area contributed by atoms with E-state index in [2.05, 4.69) is 4.90 Å². The number of halogens is 2. The molecule has 0 aliphatic carbocycles. The van der Waals surface area contributed by atoms with Gasteiger partial charge in [0.25, 0.3) is 0 Å². The van der Waals surface area contributed by atoms with Crippen molar-refractivity contribution in [2.75, 3.05) is 19.7 Å². The zero-order valence-electron chi connectivity index (χ0n) is 21.2. The fourth-order valence-corrected chi connectivity index (χ4v) is 5.28. The molecule has 0 spiro atoms. The molecule has 3 aromatic heterocycles. The van der Waals surface area contributed by atoms with E-state index in [9.17, 15) is 14.3 Å². The zero-order chi connectivity index (χ0) is 26.9. The Morgan fingerprint density at radius 1 is 1.15 bits per heavy atom. The maximum atomic E-state index is 14.1. The molecule has 0 amide bonds. The van der Waals surface area contributed by atoms with Crippen LogP contribution in [0.5, 0.6) is 5.88 Å². The summed E-state index contributed by atoms with van der Waals surface area (Å²) in [7, 11) is 0. The van der Waals surface area contributed by atoms with Crippen LogP contribution in [0.15, 0.2) is 46.9 Å². The molecule has 1 N–H and O–H groups in total. The molecule has 2 fully saturated rings. The number of imidazole rings is 1. The van der Waals surface area contributed by atoms with Crippen molar-refractivity contribution in [2.45, 2.75) is 51.0 Å². The van der Waals surface area contributed by atoms with E-state index in [1.54, 1.807) is 18.2 Å². The van der Waals surface area contributed by atoms with Gasteiger partial charge >= 0.3 is 5.97 Å². The van der Waals surface area contributed by atoms with Crippen molar-refractivity contribution in [3.8, 4) is 5.88 Å². The third-order valence-corrected chi connectivity index (χ3v) is 7.63. The van der Waals surface area contributed by atoms with Gasteiger partial charge in [0.1, 0.15) is 23.8 Å². The lowest BCUT2D eigenvalue weighted by atomic mass is 9.93. The second-order valence-electron chi connectivity index (χ2n) is 10.0. The SMILES string of the molecule is O=C(O)c1cc2nc(CN3CCC(c4cccc(OCc5ccc(Cl)cc5F)n4)CC3)n(CC3CCO3)c2o1. The molecule has 0 saturated carbocycles. The Morgan fingerprint density at radius 2 is 1.97 bits per heavy atom. The van der Waals surface area contributed by atoms with Crippen LogP contribution in [-0.2, 0) is 24.4 Å². The molecule has 5 heterocycles. The van der Waals surface area contributed by atoms with Crippen LogP contribution < -0.4 is 4.74 Å². The molecule has 4 aromatic rings. The molecule has 11 heteroatoms. The second-order valence-corrected chi connectivity index (χ2v) is 10.4. The number of furan rings is 1. The molecular formula is C28H28ClFN4O5. The summed E-state index contributed by atoms with van der Waals surface area (Å²) in [5.41, 5.74) is 2.42. The van der Waals surface area contributed by atoms with Crippen molar-refractivity contribution in [3.05, 3.63) is 76.1 Å². The van der Waals surface area contributed by atoms with Gasteiger partial charge in [0.05, 0.1) is 19.2 Å². The summed E-state index contributed by atoms with van der Waals surface area (Å²) in [6.45, 7) is 3.76. The van der Waals surface area contributed by atoms with E-state index in [1.807, 2.05) is 16.7 Å². The van der Waals surface area contributed by atoms with Gasteiger partial charge in [-0.25, -0.2) is 19.2 Å². The van der Waals surface area contributed by atoms with E-state index in [4.69, 9.17) is 35.5 Å². The molecule has 2 aliphatic rings. The summed E-state index contributed by atoms with van der Waals surface area (Å²) < 4.78 is 33.1. The molecule has 6 rings (SSSR count). The molecule has 1 aromatic carbocycles. The number of likely N-dealkylation sites (tertiary alicyclic amines) is 1. The summed E-state index contributed by atoms with van der Waals surface area (Å²) in [6.07, 6.45) is 2.89. The number of aromatic carboxylic acids is 1. The summed E-state index contributed by atoms with van der Waals surface area (Å²) in [4.78, 5) is 23.1. The highest BCUT2D eigenvalue weighted by Crippen LogP contribution is 2.30. The standard InChI is InChI=1S/C28H28ClFN4O5/c29-19-5-4-18(21(30)12-19)16-38-26-3-1-2-22(32-26)17-6-9-33(10-7-17)15-25-31-23-13-24(28(35)36)39-27(23)34(25)14-20-8-11-37-20/h1-5,12-13,17,20H,6-11,14-16H2,(H,35,36). The maximum Gasteiger partial charge on any atom is 0.371 e. The van der Waals surface area contributed by atoms with Gasteiger partial charge in [-0.2, -0.15) is 0 Å². The molecule has 204 valence electrons. The molecule has 39 heavy (non-hydrogen) atoms. The number of hydrogen-bond donors (Lipinski definition) is 1. The van der Waals surface area contributed by atoms with Crippen molar-refractivity contribution < 1.29 is 28.2 Å². The van der Waals surface area contributed by atoms with Gasteiger partial charge in [-0.15, -0.1) is 0 Å². The van der Waals surface area contributed by atoms with Crippen molar-refractivity contribution in [1.82, 2.24) is 19.4 Å². The maximum absolute atomic E-state index is 14.1. The lowest BCUT2D eigenvalue weighted by molar-refractivity contribution is -0.0595. The smallest absolute Gasteiger partial charge is 0.371 e. The Labute approximate surface area is 229 Å². The number of ether oxygens (including phenoxy) is 2. The van der Waals surface area contributed by atoms with Gasteiger partial charge in [-0.05, 0) is 50.6 Å². The van der Waals surface area contributed by atoms with Gasteiger partial charge in [0.2, 0.25) is 17.4 Å². The number of hydrogen-bond acceptors (Lipinski definition) is 7. The van der Waals surface area contributed by atoms with Crippen LogP contribution in [0.3, 0.4) is 0 Å². The second kappa shape index (κ2) is 11.0. The highest BCUT2D eigenvalue weighted by atomic mass is 35.5. The quantitative estimate of drug-likeness (QED) is 0.299. The number of benzene rings is 1. The molecule has 2 aliphatic heterocycles. The van der Waals surface area contributed by atoms with E-state index in [1.165, 1.54) is 12.1 Å². The molecule has 1 atom stereocenters. The number of piperidine rings is 1. The largest absolute Gasteiger partial charge is 0.475 e. The number of aromatic nitrogens is 3. The van der Waals surface area contributed by atoms with Crippen LogP contribution in [0.4, 0.5) is 4.39 Å². The van der Waals surface area contributed by atoms with Crippen molar-refractivity contribution in [1.29, 1.82) is 0 Å². The fraction of sp³-hybridized carbons (Fsp3) is 0.393. The van der Waals surface area contributed by atoms with E-state index < -0.39 is 11.8 Å². The lowest BCUT2D eigenvalue weighted by Crippen LogP contribution is -2.35. The van der Waals surface area contributed by atoms with Crippen LogP contribution in [0.1, 0.15) is 52.8 Å². The number of nitrogens with zero attached hydrogens (tertiary/aromatic N) is 4. The normalized spacial score (nSPS) is 18.4. The summed E-state index contributed by atoms with van der Waals surface area (Å²) in [5.74, 6) is -0.0227. The third kappa shape index (κ3) is 5.63. The first-order chi connectivity index (χ1) is 18.9. The number of carboxylic acid groups (broad SMARTS) is 1. The number of fused-ring (bicyclic) bond motifs is 1. The number of carboxylic acids is 1. The fourth-order valence-electron chi connectivity index (χ4n) is 5.12. The minimum Gasteiger partial charge on any atom is -0.475 e. The third-order valence-electron chi connectivity index (χ3n) is 7.40. The summed E-state index contributed by atoms with van der Waals surface area (Å²) in [6, 6.07) is 11.7. The Morgan fingerprint density at radius 3 is 2.69 bits per heavy atom. The number of rotatable bonds is 9. The summed E-state index contributed by atoms with van der Waals surface area (Å²) in [5, 5.41) is 9.65. The van der Waals surface area contributed by atoms with Crippen molar-refractivity contribution >= 4 is 28.8 Å².